The maximum absolute atomic E-state index is 11.9. The van der Waals surface area contributed by atoms with Crippen LogP contribution in [0.5, 0.6) is 0 Å². The first-order chi connectivity index (χ1) is 11.0. The van der Waals surface area contributed by atoms with Crippen molar-refractivity contribution in [2.75, 3.05) is 11.9 Å². The minimum Gasteiger partial charge on any atom is -0.452 e. The van der Waals surface area contributed by atoms with E-state index in [9.17, 15) is 9.59 Å². The molecule has 0 aromatic heterocycles. The van der Waals surface area contributed by atoms with Gasteiger partial charge in [-0.2, -0.15) is 5.26 Å². The zero-order chi connectivity index (χ0) is 16.8. The molecular weight excluding hydrogens is 292 g/mol. The van der Waals surface area contributed by atoms with Crippen LogP contribution in [0, 0.1) is 25.2 Å². The van der Waals surface area contributed by atoms with Gasteiger partial charge < -0.3 is 10.1 Å². The van der Waals surface area contributed by atoms with Crippen molar-refractivity contribution in [2.24, 2.45) is 0 Å². The quantitative estimate of drug-likeness (QED) is 0.881. The topological polar surface area (TPSA) is 79.2 Å². The smallest absolute Gasteiger partial charge is 0.338 e. The van der Waals surface area contributed by atoms with Gasteiger partial charge in [0.2, 0.25) is 0 Å². The number of carbonyl (C=O) groups is 2. The summed E-state index contributed by atoms with van der Waals surface area (Å²) in [5.41, 5.74) is 3.20. The number of esters is 1. The molecule has 0 saturated heterocycles. The second-order valence-corrected chi connectivity index (χ2v) is 5.08. The molecule has 0 saturated carbocycles. The number of para-hydroxylation sites is 1. The van der Waals surface area contributed by atoms with Crippen LogP contribution >= 0.6 is 0 Å². The molecule has 0 bridgehead atoms. The molecule has 116 valence electrons. The lowest BCUT2D eigenvalue weighted by molar-refractivity contribution is -0.119. The number of nitriles is 1. The Morgan fingerprint density at radius 2 is 1.78 bits per heavy atom. The van der Waals surface area contributed by atoms with Crippen molar-refractivity contribution < 1.29 is 14.3 Å². The molecule has 0 aliphatic rings. The van der Waals surface area contributed by atoms with Crippen LogP contribution in [-0.2, 0) is 9.53 Å². The predicted octanol–water partition coefficient (Wildman–Crippen LogP) is 2.97. The molecule has 0 aliphatic heterocycles. The summed E-state index contributed by atoms with van der Waals surface area (Å²) in [4.78, 5) is 23.8. The number of hydrogen-bond acceptors (Lipinski definition) is 4. The molecule has 5 heteroatoms. The summed E-state index contributed by atoms with van der Waals surface area (Å²) in [5.74, 6) is -1.05. The highest BCUT2D eigenvalue weighted by Crippen LogP contribution is 2.19. The minimum absolute atomic E-state index is 0.240. The molecule has 2 aromatic carbocycles. The van der Waals surface area contributed by atoms with E-state index in [1.54, 1.807) is 12.1 Å². The Morgan fingerprint density at radius 1 is 1.13 bits per heavy atom. The molecule has 0 radical (unpaired) electrons. The molecule has 0 unspecified atom stereocenters. The fraction of sp³-hybridized carbons (Fsp3) is 0.167. The van der Waals surface area contributed by atoms with E-state index in [1.807, 2.05) is 38.1 Å². The predicted molar refractivity (Wildman–Crippen MR) is 86.0 cm³/mol. The second-order valence-electron chi connectivity index (χ2n) is 5.08. The third kappa shape index (κ3) is 4.17. The van der Waals surface area contributed by atoms with Gasteiger partial charge in [0, 0.05) is 5.69 Å². The average Bonchev–Trinajstić information content (AvgIpc) is 2.56. The van der Waals surface area contributed by atoms with Gasteiger partial charge in [0.1, 0.15) is 0 Å². The number of benzene rings is 2. The maximum Gasteiger partial charge on any atom is 0.338 e. The highest BCUT2D eigenvalue weighted by atomic mass is 16.5. The number of carbonyl (C=O) groups excluding carboxylic acids is 2. The zero-order valence-corrected chi connectivity index (χ0v) is 12.9. The first-order valence-corrected chi connectivity index (χ1v) is 7.04. The molecule has 1 amide bonds. The van der Waals surface area contributed by atoms with Crippen LogP contribution in [0.25, 0.3) is 0 Å². The van der Waals surface area contributed by atoms with Gasteiger partial charge in [0.05, 0.1) is 17.2 Å². The highest BCUT2D eigenvalue weighted by molar-refractivity contribution is 5.96. The first kappa shape index (κ1) is 16.2. The van der Waals surface area contributed by atoms with Crippen molar-refractivity contribution in [3.05, 3.63) is 64.7 Å². The third-order valence-electron chi connectivity index (χ3n) is 3.31. The Labute approximate surface area is 134 Å². The molecule has 2 aromatic rings. The molecule has 1 N–H and O–H groups in total. The van der Waals surface area contributed by atoms with Crippen LogP contribution in [0.3, 0.4) is 0 Å². The fourth-order valence-electron chi connectivity index (χ4n) is 2.12. The van der Waals surface area contributed by atoms with E-state index in [1.165, 1.54) is 12.1 Å². The minimum atomic E-state index is -0.640. The van der Waals surface area contributed by atoms with Gasteiger partial charge in [0.15, 0.2) is 6.61 Å². The lowest BCUT2D eigenvalue weighted by Crippen LogP contribution is -2.21. The first-order valence-electron chi connectivity index (χ1n) is 7.04. The summed E-state index contributed by atoms with van der Waals surface area (Å²) >= 11 is 0. The van der Waals surface area contributed by atoms with Crippen molar-refractivity contribution in [2.45, 2.75) is 13.8 Å². The van der Waals surface area contributed by atoms with Crippen LogP contribution < -0.4 is 5.32 Å². The number of amides is 1. The number of aryl methyl sites for hydroxylation is 2. The molecule has 0 spiro atoms. The fourth-order valence-corrected chi connectivity index (χ4v) is 2.12. The summed E-state index contributed by atoms with van der Waals surface area (Å²) in [5, 5.41) is 11.6. The van der Waals surface area contributed by atoms with Gasteiger partial charge in [-0.15, -0.1) is 0 Å². The Morgan fingerprint density at radius 3 is 2.43 bits per heavy atom. The van der Waals surface area contributed by atoms with E-state index in [0.29, 0.717) is 5.56 Å². The Bertz CT molecular complexity index is 771. The van der Waals surface area contributed by atoms with E-state index in [-0.39, 0.29) is 12.2 Å². The van der Waals surface area contributed by atoms with Crippen molar-refractivity contribution in [3.63, 3.8) is 0 Å². The summed E-state index contributed by atoms with van der Waals surface area (Å²) < 4.78 is 4.98. The summed E-state index contributed by atoms with van der Waals surface area (Å²) in [6, 6.07) is 13.8. The molecule has 0 heterocycles. The van der Waals surface area contributed by atoms with Gasteiger partial charge in [-0.3, -0.25) is 4.79 Å². The lowest BCUT2D eigenvalue weighted by atomic mass is 10.1. The molecule has 2 rings (SSSR count). The number of rotatable bonds is 4. The number of nitrogens with one attached hydrogen (secondary N) is 1. The van der Waals surface area contributed by atoms with E-state index < -0.39 is 11.9 Å². The van der Waals surface area contributed by atoms with Gasteiger partial charge in [-0.05, 0) is 43.2 Å². The van der Waals surface area contributed by atoms with E-state index in [4.69, 9.17) is 10.00 Å². The van der Waals surface area contributed by atoms with E-state index >= 15 is 0 Å². The van der Waals surface area contributed by atoms with Gasteiger partial charge in [-0.25, -0.2) is 4.79 Å². The number of hydrogen-bond donors (Lipinski definition) is 1. The Balaban J connectivity index is 1.96. The molecule has 0 fully saturated rings. The number of nitrogens with zero attached hydrogens (tertiary/aromatic N) is 1. The SMILES string of the molecule is Cc1cccc(C)c1NC(=O)COC(=O)c1cccc(C#N)c1. The largest absolute Gasteiger partial charge is 0.452 e. The normalized spacial score (nSPS) is 9.78. The van der Waals surface area contributed by atoms with E-state index in [0.717, 1.165) is 16.8 Å². The van der Waals surface area contributed by atoms with E-state index in [2.05, 4.69) is 5.32 Å². The van der Waals surface area contributed by atoms with Crippen molar-refractivity contribution in [1.29, 1.82) is 5.26 Å². The monoisotopic (exact) mass is 308 g/mol. The summed E-state index contributed by atoms with van der Waals surface area (Å²) in [7, 11) is 0. The van der Waals surface area contributed by atoms with Gasteiger partial charge in [0.25, 0.3) is 5.91 Å². The third-order valence-corrected chi connectivity index (χ3v) is 3.31. The van der Waals surface area contributed by atoms with Crippen LogP contribution in [0.4, 0.5) is 5.69 Å². The molecule has 0 atom stereocenters. The maximum atomic E-state index is 11.9. The Kier molecular flexibility index (Phi) is 5.11. The second kappa shape index (κ2) is 7.23. The Hall–Kier alpha value is -3.13. The molecular formula is C18H16N2O3. The van der Waals surface area contributed by atoms with Crippen LogP contribution in [0.15, 0.2) is 42.5 Å². The standard InChI is InChI=1S/C18H16N2O3/c1-12-5-3-6-13(2)17(12)20-16(21)11-23-18(22)15-8-4-7-14(9-15)10-19/h3-9H,11H2,1-2H3,(H,20,21). The van der Waals surface area contributed by atoms with Gasteiger partial charge >= 0.3 is 5.97 Å². The van der Waals surface area contributed by atoms with Crippen molar-refractivity contribution >= 4 is 17.6 Å². The van der Waals surface area contributed by atoms with Crippen LogP contribution in [0.1, 0.15) is 27.0 Å². The molecule has 5 nitrogen and oxygen atoms in total. The van der Waals surface area contributed by atoms with Gasteiger partial charge in [-0.1, -0.05) is 24.3 Å². The summed E-state index contributed by atoms with van der Waals surface area (Å²) in [6.45, 7) is 3.40. The molecule has 23 heavy (non-hydrogen) atoms. The zero-order valence-electron chi connectivity index (χ0n) is 12.9. The van der Waals surface area contributed by atoms with Crippen molar-refractivity contribution in [1.82, 2.24) is 0 Å². The number of ether oxygens (including phenoxy) is 1. The highest BCUT2D eigenvalue weighted by Gasteiger charge is 2.12. The van der Waals surface area contributed by atoms with Crippen molar-refractivity contribution in [3.8, 4) is 6.07 Å². The number of anilines is 1. The molecule has 0 aliphatic carbocycles. The average molecular weight is 308 g/mol. The van der Waals surface area contributed by atoms with Crippen LogP contribution in [0.2, 0.25) is 0 Å². The van der Waals surface area contributed by atoms with Crippen LogP contribution in [-0.4, -0.2) is 18.5 Å². The summed E-state index contributed by atoms with van der Waals surface area (Å²) in [6.07, 6.45) is 0. The lowest BCUT2D eigenvalue weighted by Gasteiger charge is -2.11.